The standard InChI is InChI=1S/C11H23N3O3S/c1-3-18(15,16)8-6-13-11(12-2)14-9-10-5-4-7-17-10/h10H,3-9H2,1-2H3,(H2,12,13,14). The highest BCUT2D eigenvalue weighted by Crippen LogP contribution is 2.10. The molecule has 1 saturated heterocycles. The van der Waals surface area contributed by atoms with E-state index in [4.69, 9.17) is 4.74 Å². The number of aliphatic imine (C=N–C) groups is 1. The monoisotopic (exact) mass is 277 g/mol. The second-order valence-electron chi connectivity index (χ2n) is 4.25. The van der Waals surface area contributed by atoms with E-state index in [9.17, 15) is 8.42 Å². The summed E-state index contributed by atoms with van der Waals surface area (Å²) in [5.74, 6) is 0.928. The quantitative estimate of drug-likeness (QED) is 0.518. The molecule has 1 fully saturated rings. The molecule has 18 heavy (non-hydrogen) atoms. The number of guanidine groups is 1. The van der Waals surface area contributed by atoms with Gasteiger partial charge < -0.3 is 15.4 Å². The number of nitrogens with zero attached hydrogens (tertiary/aromatic N) is 1. The summed E-state index contributed by atoms with van der Waals surface area (Å²) in [6.07, 6.45) is 2.41. The predicted molar refractivity (Wildman–Crippen MR) is 72.7 cm³/mol. The van der Waals surface area contributed by atoms with Gasteiger partial charge in [0.15, 0.2) is 15.8 Å². The van der Waals surface area contributed by atoms with E-state index in [0.717, 1.165) is 19.4 Å². The second-order valence-corrected chi connectivity index (χ2v) is 6.72. The van der Waals surface area contributed by atoms with E-state index in [2.05, 4.69) is 15.6 Å². The van der Waals surface area contributed by atoms with Crippen LogP contribution in [0.1, 0.15) is 19.8 Å². The van der Waals surface area contributed by atoms with Crippen molar-refractivity contribution in [2.45, 2.75) is 25.9 Å². The summed E-state index contributed by atoms with van der Waals surface area (Å²) in [5.41, 5.74) is 0. The Morgan fingerprint density at radius 1 is 1.44 bits per heavy atom. The Balaban J connectivity index is 2.21. The molecule has 7 heteroatoms. The van der Waals surface area contributed by atoms with Gasteiger partial charge in [0, 0.05) is 32.5 Å². The molecule has 1 aliphatic rings. The fourth-order valence-corrected chi connectivity index (χ4v) is 2.41. The first-order valence-corrected chi connectivity index (χ1v) is 8.16. The van der Waals surface area contributed by atoms with Gasteiger partial charge in [0.25, 0.3) is 0 Å². The SMILES string of the molecule is CCS(=O)(=O)CCNC(=NC)NCC1CCCO1. The lowest BCUT2D eigenvalue weighted by atomic mass is 10.2. The summed E-state index contributed by atoms with van der Waals surface area (Å²) < 4.78 is 28.1. The molecule has 6 nitrogen and oxygen atoms in total. The molecule has 0 amide bonds. The highest BCUT2D eigenvalue weighted by atomic mass is 32.2. The van der Waals surface area contributed by atoms with Gasteiger partial charge in [-0.1, -0.05) is 6.92 Å². The molecular weight excluding hydrogens is 254 g/mol. The van der Waals surface area contributed by atoms with E-state index in [1.54, 1.807) is 14.0 Å². The number of hydrogen-bond acceptors (Lipinski definition) is 4. The topological polar surface area (TPSA) is 79.8 Å². The molecule has 0 aromatic carbocycles. The summed E-state index contributed by atoms with van der Waals surface area (Å²) in [7, 11) is -1.26. The minimum atomic E-state index is -2.92. The fourth-order valence-electron chi connectivity index (χ4n) is 1.71. The maximum atomic E-state index is 11.3. The van der Waals surface area contributed by atoms with Crippen molar-refractivity contribution in [1.29, 1.82) is 0 Å². The zero-order valence-corrected chi connectivity index (χ0v) is 11.9. The van der Waals surface area contributed by atoms with Gasteiger partial charge >= 0.3 is 0 Å². The predicted octanol–water partition coefficient (Wildman–Crippen LogP) is -0.235. The van der Waals surface area contributed by atoms with Gasteiger partial charge in [-0.05, 0) is 12.8 Å². The smallest absolute Gasteiger partial charge is 0.191 e. The Morgan fingerprint density at radius 2 is 2.22 bits per heavy atom. The number of sulfone groups is 1. The molecule has 1 aliphatic heterocycles. The molecule has 106 valence electrons. The molecule has 0 aromatic heterocycles. The number of ether oxygens (including phenoxy) is 1. The number of rotatable bonds is 6. The maximum Gasteiger partial charge on any atom is 0.191 e. The first kappa shape index (κ1) is 15.2. The third-order valence-electron chi connectivity index (χ3n) is 2.89. The molecule has 1 heterocycles. The van der Waals surface area contributed by atoms with Crippen LogP contribution in [-0.2, 0) is 14.6 Å². The van der Waals surface area contributed by atoms with Crippen LogP contribution in [0.3, 0.4) is 0 Å². The Bertz CT molecular complexity index is 362. The first-order valence-electron chi connectivity index (χ1n) is 6.34. The van der Waals surface area contributed by atoms with Crippen molar-refractivity contribution in [3.05, 3.63) is 0 Å². The maximum absolute atomic E-state index is 11.3. The average molecular weight is 277 g/mol. The molecule has 0 aliphatic carbocycles. The molecule has 0 saturated carbocycles. The Kier molecular flexibility index (Phi) is 6.42. The third kappa shape index (κ3) is 5.68. The Hall–Kier alpha value is -0.820. The fraction of sp³-hybridized carbons (Fsp3) is 0.909. The van der Waals surface area contributed by atoms with Crippen molar-refractivity contribution in [3.63, 3.8) is 0 Å². The largest absolute Gasteiger partial charge is 0.376 e. The van der Waals surface area contributed by atoms with E-state index in [0.29, 0.717) is 19.0 Å². The minimum absolute atomic E-state index is 0.129. The zero-order valence-electron chi connectivity index (χ0n) is 11.1. The lowest BCUT2D eigenvalue weighted by molar-refractivity contribution is 0.114. The molecule has 1 atom stereocenters. The van der Waals surface area contributed by atoms with Gasteiger partial charge in [-0.25, -0.2) is 8.42 Å². The summed E-state index contributed by atoms with van der Waals surface area (Å²) in [5, 5.41) is 6.12. The molecule has 1 rings (SSSR count). The van der Waals surface area contributed by atoms with Gasteiger partial charge in [0.05, 0.1) is 11.9 Å². The molecule has 1 unspecified atom stereocenters. The van der Waals surface area contributed by atoms with Crippen molar-refractivity contribution < 1.29 is 13.2 Å². The van der Waals surface area contributed by atoms with Crippen molar-refractivity contribution in [2.24, 2.45) is 4.99 Å². The molecular formula is C11H23N3O3S. The van der Waals surface area contributed by atoms with Crippen LogP contribution in [0.25, 0.3) is 0 Å². The lowest BCUT2D eigenvalue weighted by Gasteiger charge is -2.14. The molecule has 0 aromatic rings. The van der Waals surface area contributed by atoms with Gasteiger partial charge in [-0.2, -0.15) is 0 Å². The van der Waals surface area contributed by atoms with Gasteiger partial charge in [-0.3, -0.25) is 4.99 Å². The average Bonchev–Trinajstić information content (AvgIpc) is 2.86. The highest BCUT2D eigenvalue weighted by Gasteiger charge is 2.15. The van der Waals surface area contributed by atoms with E-state index in [1.807, 2.05) is 0 Å². The lowest BCUT2D eigenvalue weighted by Crippen LogP contribution is -2.42. The molecule has 0 radical (unpaired) electrons. The Labute approximate surface area is 109 Å². The van der Waals surface area contributed by atoms with Crippen LogP contribution in [0.4, 0.5) is 0 Å². The molecule has 0 spiro atoms. The van der Waals surface area contributed by atoms with Crippen molar-refractivity contribution in [2.75, 3.05) is 38.2 Å². The van der Waals surface area contributed by atoms with E-state index in [-0.39, 0.29) is 17.6 Å². The zero-order chi connectivity index (χ0) is 13.4. The first-order chi connectivity index (χ1) is 8.57. The molecule has 0 bridgehead atoms. The van der Waals surface area contributed by atoms with Crippen LogP contribution in [0.5, 0.6) is 0 Å². The van der Waals surface area contributed by atoms with Crippen molar-refractivity contribution in [3.8, 4) is 0 Å². The normalized spacial score (nSPS) is 21.0. The van der Waals surface area contributed by atoms with Crippen LogP contribution in [0, 0.1) is 0 Å². The van der Waals surface area contributed by atoms with E-state index in [1.165, 1.54) is 0 Å². The number of nitrogens with one attached hydrogen (secondary N) is 2. The summed E-state index contributed by atoms with van der Waals surface area (Å²) >= 11 is 0. The van der Waals surface area contributed by atoms with Crippen LogP contribution >= 0.6 is 0 Å². The van der Waals surface area contributed by atoms with Gasteiger partial charge in [0.2, 0.25) is 0 Å². The van der Waals surface area contributed by atoms with Crippen LogP contribution in [-0.4, -0.2) is 58.7 Å². The van der Waals surface area contributed by atoms with Gasteiger partial charge in [0.1, 0.15) is 0 Å². The van der Waals surface area contributed by atoms with E-state index < -0.39 is 9.84 Å². The van der Waals surface area contributed by atoms with Crippen molar-refractivity contribution >= 4 is 15.8 Å². The van der Waals surface area contributed by atoms with Crippen LogP contribution in [0.2, 0.25) is 0 Å². The van der Waals surface area contributed by atoms with Crippen LogP contribution in [0.15, 0.2) is 4.99 Å². The third-order valence-corrected chi connectivity index (χ3v) is 4.60. The van der Waals surface area contributed by atoms with E-state index >= 15 is 0 Å². The summed E-state index contributed by atoms with van der Waals surface area (Å²) in [6, 6.07) is 0. The molecule has 2 N–H and O–H groups in total. The number of hydrogen-bond donors (Lipinski definition) is 2. The minimum Gasteiger partial charge on any atom is -0.376 e. The van der Waals surface area contributed by atoms with Gasteiger partial charge in [-0.15, -0.1) is 0 Å². The highest BCUT2D eigenvalue weighted by molar-refractivity contribution is 7.91. The Morgan fingerprint density at radius 3 is 2.78 bits per heavy atom. The van der Waals surface area contributed by atoms with Crippen LogP contribution < -0.4 is 10.6 Å². The summed E-state index contributed by atoms with van der Waals surface area (Å²) in [4.78, 5) is 4.04. The second kappa shape index (κ2) is 7.58. The van der Waals surface area contributed by atoms with Crippen molar-refractivity contribution in [1.82, 2.24) is 10.6 Å². The summed E-state index contributed by atoms with van der Waals surface area (Å²) in [6.45, 7) is 3.56.